The molecule has 0 spiro atoms. The van der Waals surface area contributed by atoms with Gasteiger partial charge in [0.1, 0.15) is 0 Å². The lowest BCUT2D eigenvalue weighted by molar-refractivity contribution is -0.255. The van der Waals surface area contributed by atoms with Gasteiger partial charge in [-0.3, -0.25) is 9.69 Å². The minimum absolute atomic E-state index is 0.101. The molecule has 0 aromatic heterocycles. The van der Waals surface area contributed by atoms with Crippen molar-refractivity contribution in [2.24, 2.45) is 4.99 Å². The van der Waals surface area contributed by atoms with Crippen molar-refractivity contribution < 1.29 is 14.7 Å². The van der Waals surface area contributed by atoms with Crippen molar-refractivity contribution in [3.05, 3.63) is 107 Å². The van der Waals surface area contributed by atoms with Gasteiger partial charge in [-0.25, -0.2) is 4.99 Å². The lowest BCUT2D eigenvalue weighted by Crippen LogP contribution is -2.28. The highest BCUT2D eigenvalue weighted by Gasteiger charge is 2.33. The summed E-state index contributed by atoms with van der Waals surface area (Å²) in [5, 5.41) is 11.6. The van der Waals surface area contributed by atoms with Gasteiger partial charge in [-0.15, -0.1) is 0 Å². The van der Waals surface area contributed by atoms with E-state index in [-0.39, 0.29) is 18.0 Å². The van der Waals surface area contributed by atoms with Crippen molar-refractivity contribution in [3.8, 4) is 0 Å². The average molecular weight is 413 g/mol. The molecule has 1 amide bonds. The molecule has 6 heteroatoms. The van der Waals surface area contributed by atoms with Crippen LogP contribution in [0.15, 0.2) is 94.8 Å². The van der Waals surface area contributed by atoms with Crippen molar-refractivity contribution in [2.45, 2.75) is 6.54 Å². The van der Waals surface area contributed by atoms with Crippen molar-refractivity contribution in [2.75, 3.05) is 0 Å². The van der Waals surface area contributed by atoms with Gasteiger partial charge in [0.2, 0.25) is 0 Å². The van der Waals surface area contributed by atoms with Gasteiger partial charge in [0.05, 0.1) is 23.1 Å². The van der Waals surface area contributed by atoms with E-state index in [1.807, 2.05) is 66.7 Å². The number of carbonyl (C=O) groups excluding carboxylic acids is 2. The van der Waals surface area contributed by atoms with Crippen molar-refractivity contribution in [1.29, 1.82) is 0 Å². The van der Waals surface area contributed by atoms with E-state index in [4.69, 9.17) is 0 Å². The Hall–Kier alpha value is -3.64. The van der Waals surface area contributed by atoms with E-state index < -0.39 is 5.97 Å². The predicted octanol–water partition coefficient (Wildman–Crippen LogP) is 3.85. The molecule has 5 nitrogen and oxygen atoms in total. The number of amides is 1. The van der Waals surface area contributed by atoms with E-state index in [1.165, 1.54) is 23.9 Å². The summed E-state index contributed by atoms with van der Waals surface area (Å²) in [6.07, 6.45) is 1.85. The van der Waals surface area contributed by atoms with Gasteiger partial charge in [-0.2, -0.15) is 0 Å². The van der Waals surface area contributed by atoms with Crippen LogP contribution in [0.2, 0.25) is 0 Å². The Morgan fingerprint density at radius 2 is 1.57 bits per heavy atom. The summed E-state index contributed by atoms with van der Waals surface area (Å²) in [7, 11) is 0. The molecular weight excluding hydrogens is 396 g/mol. The molecule has 0 N–H and O–H groups in total. The molecule has 1 heterocycles. The second kappa shape index (κ2) is 8.80. The van der Waals surface area contributed by atoms with E-state index in [0.29, 0.717) is 10.1 Å². The quantitative estimate of drug-likeness (QED) is 0.596. The zero-order valence-corrected chi connectivity index (χ0v) is 16.7. The largest absolute Gasteiger partial charge is 0.545 e. The number of carboxylic acid groups (broad SMARTS) is 1. The molecule has 1 aliphatic heterocycles. The normalized spacial score (nSPS) is 16.4. The first-order valence-electron chi connectivity index (χ1n) is 9.30. The SMILES string of the molecule is O=C([O-])c1ccc(CN2C(=O)/C(=C\c3ccccc3)SC2=Nc2ccccc2)cc1. The first kappa shape index (κ1) is 19.7. The maximum Gasteiger partial charge on any atom is 0.267 e. The number of aliphatic imine (C=N–C) groups is 1. The van der Waals surface area contributed by atoms with Crippen LogP contribution >= 0.6 is 11.8 Å². The molecule has 0 saturated carbocycles. The molecule has 1 fully saturated rings. The molecule has 1 saturated heterocycles. The molecule has 0 atom stereocenters. The fourth-order valence-electron chi connectivity index (χ4n) is 2.97. The van der Waals surface area contributed by atoms with Gasteiger partial charge >= 0.3 is 0 Å². The van der Waals surface area contributed by atoms with Crippen LogP contribution in [0.5, 0.6) is 0 Å². The van der Waals surface area contributed by atoms with Crippen molar-refractivity contribution in [1.82, 2.24) is 4.90 Å². The number of carboxylic acids is 1. The Balaban J connectivity index is 1.67. The molecule has 30 heavy (non-hydrogen) atoms. The van der Waals surface area contributed by atoms with Crippen LogP contribution in [0.1, 0.15) is 21.5 Å². The highest BCUT2D eigenvalue weighted by Crippen LogP contribution is 2.35. The number of hydrogen-bond acceptors (Lipinski definition) is 5. The number of carbonyl (C=O) groups is 2. The van der Waals surface area contributed by atoms with Crippen LogP contribution in [0.4, 0.5) is 5.69 Å². The number of amidine groups is 1. The fraction of sp³-hybridized carbons (Fsp3) is 0.0417. The van der Waals surface area contributed by atoms with Crippen LogP contribution in [-0.4, -0.2) is 21.9 Å². The minimum atomic E-state index is -1.23. The van der Waals surface area contributed by atoms with Crippen LogP contribution in [0.3, 0.4) is 0 Å². The Morgan fingerprint density at radius 1 is 0.933 bits per heavy atom. The zero-order chi connectivity index (χ0) is 20.9. The van der Waals surface area contributed by atoms with Gasteiger partial charge in [0, 0.05) is 0 Å². The van der Waals surface area contributed by atoms with E-state index in [0.717, 1.165) is 16.8 Å². The van der Waals surface area contributed by atoms with Gasteiger partial charge in [0.15, 0.2) is 5.17 Å². The predicted molar refractivity (Wildman–Crippen MR) is 117 cm³/mol. The van der Waals surface area contributed by atoms with Crippen LogP contribution in [0, 0.1) is 0 Å². The number of nitrogens with zero attached hydrogens (tertiary/aromatic N) is 2. The third-order valence-electron chi connectivity index (χ3n) is 4.50. The third-order valence-corrected chi connectivity index (χ3v) is 5.50. The maximum atomic E-state index is 13.1. The highest BCUT2D eigenvalue weighted by molar-refractivity contribution is 8.18. The number of aromatic carboxylic acids is 1. The van der Waals surface area contributed by atoms with E-state index in [2.05, 4.69) is 4.99 Å². The number of benzene rings is 3. The number of thioether (sulfide) groups is 1. The molecule has 3 aromatic carbocycles. The van der Waals surface area contributed by atoms with Gasteiger partial charge in [0.25, 0.3) is 5.91 Å². The van der Waals surface area contributed by atoms with E-state index in [1.54, 1.807) is 17.0 Å². The monoisotopic (exact) mass is 413 g/mol. The first-order chi connectivity index (χ1) is 14.6. The van der Waals surface area contributed by atoms with Gasteiger partial charge < -0.3 is 9.90 Å². The third kappa shape index (κ3) is 4.50. The maximum absolute atomic E-state index is 13.1. The lowest BCUT2D eigenvalue weighted by atomic mass is 10.1. The summed E-state index contributed by atoms with van der Waals surface area (Å²) in [5.74, 6) is -1.36. The molecular formula is C24H17N2O3S-. The van der Waals surface area contributed by atoms with Crippen LogP contribution < -0.4 is 5.11 Å². The second-order valence-electron chi connectivity index (χ2n) is 6.63. The molecule has 0 bridgehead atoms. The van der Waals surface area contributed by atoms with Crippen molar-refractivity contribution >= 4 is 40.6 Å². The first-order valence-corrected chi connectivity index (χ1v) is 10.1. The summed E-state index contributed by atoms with van der Waals surface area (Å²) >= 11 is 1.33. The van der Waals surface area contributed by atoms with Crippen molar-refractivity contribution in [3.63, 3.8) is 0 Å². The highest BCUT2D eigenvalue weighted by atomic mass is 32.2. The molecule has 0 radical (unpaired) electrons. The molecule has 0 aliphatic carbocycles. The summed E-state index contributed by atoms with van der Waals surface area (Å²) in [6, 6.07) is 25.4. The Morgan fingerprint density at radius 3 is 2.20 bits per heavy atom. The van der Waals surface area contributed by atoms with Crippen LogP contribution in [0.25, 0.3) is 6.08 Å². The number of para-hydroxylation sites is 1. The van der Waals surface area contributed by atoms with E-state index >= 15 is 0 Å². The number of hydrogen-bond donors (Lipinski definition) is 0. The Kier molecular flexibility index (Phi) is 5.77. The summed E-state index contributed by atoms with van der Waals surface area (Å²) in [4.78, 5) is 31.0. The molecule has 3 aromatic rings. The molecule has 0 unspecified atom stereocenters. The molecule has 4 rings (SSSR count). The summed E-state index contributed by atoms with van der Waals surface area (Å²) in [5.41, 5.74) is 2.60. The Bertz CT molecular complexity index is 1120. The van der Waals surface area contributed by atoms with Crippen LogP contribution in [-0.2, 0) is 11.3 Å². The molecule has 1 aliphatic rings. The summed E-state index contributed by atoms with van der Waals surface area (Å²) < 4.78 is 0. The standard InChI is InChI=1S/C24H18N2O3S/c27-22-21(15-17-7-3-1-4-8-17)30-24(25-20-9-5-2-6-10-20)26(22)16-18-11-13-19(14-12-18)23(28)29/h1-15H,16H2,(H,28,29)/p-1/b21-15+,25-24?. The smallest absolute Gasteiger partial charge is 0.267 e. The minimum Gasteiger partial charge on any atom is -0.545 e. The second-order valence-corrected chi connectivity index (χ2v) is 7.64. The van der Waals surface area contributed by atoms with E-state index in [9.17, 15) is 14.7 Å². The topological polar surface area (TPSA) is 72.8 Å². The fourth-order valence-corrected chi connectivity index (χ4v) is 3.97. The lowest BCUT2D eigenvalue weighted by Gasteiger charge is -2.16. The zero-order valence-electron chi connectivity index (χ0n) is 15.9. The number of rotatable bonds is 5. The van der Waals surface area contributed by atoms with Gasteiger partial charge in [-0.05, 0) is 46.7 Å². The Labute approximate surface area is 178 Å². The van der Waals surface area contributed by atoms with Gasteiger partial charge in [-0.1, -0.05) is 72.8 Å². The summed E-state index contributed by atoms with van der Waals surface area (Å²) in [6.45, 7) is 0.289. The molecule has 148 valence electrons. The average Bonchev–Trinajstić information content (AvgIpc) is 3.04.